The lowest BCUT2D eigenvalue weighted by atomic mass is 10.0. The summed E-state index contributed by atoms with van der Waals surface area (Å²) in [5.41, 5.74) is 9.34. The zero-order valence-corrected chi connectivity index (χ0v) is 15.8. The number of nitrogens with zero attached hydrogens (tertiary/aromatic N) is 1. The number of nitrogens with one attached hydrogen (secondary N) is 1. The number of benzene rings is 2. The Morgan fingerprint density at radius 3 is 2.25 bits per heavy atom. The van der Waals surface area contributed by atoms with Crippen LogP contribution in [0, 0.1) is 0 Å². The van der Waals surface area contributed by atoms with E-state index in [4.69, 9.17) is 5.73 Å². The van der Waals surface area contributed by atoms with Crippen molar-refractivity contribution in [2.24, 2.45) is 0 Å². The summed E-state index contributed by atoms with van der Waals surface area (Å²) in [6, 6.07) is 20.4. The molecule has 0 bridgehead atoms. The van der Waals surface area contributed by atoms with E-state index < -0.39 is 0 Å². The van der Waals surface area contributed by atoms with Crippen molar-refractivity contribution in [2.45, 2.75) is 25.7 Å². The van der Waals surface area contributed by atoms with E-state index in [1.165, 1.54) is 5.56 Å². The Morgan fingerprint density at radius 1 is 0.857 bits per heavy atom. The first-order valence-electron chi connectivity index (χ1n) is 9.55. The number of nitrogen functional groups attached to an aromatic ring is 1. The van der Waals surface area contributed by atoms with Gasteiger partial charge in [-0.05, 0) is 42.9 Å². The van der Waals surface area contributed by atoms with Gasteiger partial charge in [-0.15, -0.1) is 0 Å². The number of allylic oxidation sites excluding steroid dienone is 2. The molecule has 28 heavy (non-hydrogen) atoms. The molecule has 0 unspecified atom stereocenters. The van der Waals surface area contributed by atoms with Gasteiger partial charge in [0.25, 0.3) is 5.56 Å². The number of aromatic nitrogens is 2. The lowest BCUT2D eigenvalue weighted by Gasteiger charge is -2.06. The molecule has 0 atom stereocenters. The highest BCUT2D eigenvalue weighted by Crippen LogP contribution is 2.11. The third-order valence-corrected chi connectivity index (χ3v) is 4.50. The first kappa shape index (κ1) is 19.4. The number of hydrogen-bond donors (Lipinski definition) is 2. The summed E-state index contributed by atoms with van der Waals surface area (Å²) >= 11 is 0. The smallest absolute Gasteiger partial charge is 0.256 e. The van der Waals surface area contributed by atoms with Crippen molar-refractivity contribution in [3.05, 3.63) is 106 Å². The second-order valence-electron chi connectivity index (χ2n) is 6.64. The number of unbranched alkanes of at least 4 members (excludes halogenated alkanes) is 1. The highest BCUT2D eigenvalue weighted by Gasteiger charge is 2.08. The minimum Gasteiger partial charge on any atom is -0.369 e. The molecule has 2 aromatic carbocycles. The van der Waals surface area contributed by atoms with E-state index in [2.05, 4.69) is 34.2 Å². The predicted octanol–water partition coefficient (Wildman–Crippen LogP) is 4.64. The summed E-state index contributed by atoms with van der Waals surface area (Å²) in [5, 5.41) is 0. The Hall–Kier alpha value is -3.40. The second-order valence-corrected chi connectivity index (χ2v) is 6.64. The fraction of sp³-hybridized carbons (Fsp3) is 0.167. The number of nitrogens with two attached hydrogens (primary N) is 1. The molecule has 0 radical (unpaired) electrons. The standard InChI is InChI=1S/C24H25N3O/c25-24-26-22(18-10-8-16-20-13-5-2-6-14-20)21(23(28)27-24)17-9-7-15-19-11-3-1-4-12-19/h1-6,8,10-14,16,18H,7,9,15,17H2,(H3,25,26,27,28)/b16-8+,18-10+. The molecule has 4 heteroatoms. The average Bonchev–Trinajstić information content (AvgIpc) is 2.71. The van der Waals surface area contributed by atoms with Crippen LogP contribution in [0.5, 0.6) is 0 Å². The maximum Gasteiger partial charge on any atom is 0.256 e. The van der Waals surface area contributed by atoms with Gasteiger partial charge in [-0.3, -0.25) is 9.78 Å². The maximum absolute atomic E-state index is 12.4. The van der Waals surface area contributed by atoms with Crippen molar-refractivity contribution in [2.75, 3.05) is 5.73 Å². The molecule has 0 saturated carbocycles. The molecule has 1 aromatic heterocycles. The third-order valence-electron chi connectivity index (χ3n) is 4.50. The van der Waals surface area contributed by atoms with Crippen molar-refractivity contribution in [3.63, 3.8) is 0 Å². The SMILES string of the molecule is Nc1nc(/C=C/C=C/c2ccccc2)c(CCCCc2ccccc2)c(=O)[nH]1. The number of anilines is 1. The van der Waals surface area contributed by atoms with Crippen LogP contribution < -0.4 is 11.3 Å². The molecule has 3 aromatic rings. The Bertz CT molecular complexity index is 989. The number of aromatic amines is 1. The molecular formula is C24H25N3O. The number of H-pyrrole nitrogens is 1. The van der Waals surface area contributed by atoms with Gasteiger partial charge in [0, 0.05) is 5.56 Å². The fourth-order valence-corrected chi connectivity index (χ4v) is 3.07. The topological polar surface area (TPSA) is 71.8 Å². The largest absolute Gasteiger partial charge is 0.369 e. The molecule has 0 spiro atoms. The molecule has 0 aliphatic carbocycles. The zero-order chi connectivity index (χ0) is 19.6. The summed E-state index contributed by atoms with van der Waals surface area (Å²) in [5.74, 6) is 0.143. The summed E-state index contributed by atoms with van der Waals surface area (Å²) < 4.78 is 0. The summed E-state index contributed by atoms with van der Waals surface area (Å²) in [6.07, 6.45) is 11.3. The minimum absolute atomic E-state index is 0.143. The van der Waals surface area contributed by atoms with Crippen molar-refractivity contribution in [1.29, 1.82) is 0 Å². The van der Waals surface area contributed by atoms with Crippen LogP contribution in [0.3, 0.4) is 0 Å². The molecule has 0 aliphatic rings. The molecule has 0 fully saturated rings. The van der Waals surface area contributed by atoms with Gasteiger partial charge in [-0.25, -0.2) is 4.98 Å². The normalized spacial score (nSPS) is 11.4. The van der Waals surface area contributed by atoms with Gasteiger partial charge in [-0.1, -0.05) is 78.9 Å². The lowest BCUT2D eigenvalue weighted by molar-refractivity contribution is 0.726. The monoisotopic (exact) mass is 371 g/mol. The summed E-state index contributed by atoms with van der Waals surface area (Å²) in [7, 11) is 0. The molecule has 3 rings (SSSR count). The first-order valence-corrected chi connectivity index (χ1v) is 9.55. The number of hydrogen-bond acceptors (Lipinski definition) is 3. The molecule has 4 nitrogen and oxygen atoms in total. The van der Waals surface area contributed by atoms with E-state index in [1.807, 2.05) is 60.7 Å². The quantitative estimate of drug-likeness (QED) is 0.447. The molecular weight excluding hydrogens is 346 g/mol. The summed E-state index contributed by atoms with van der Waals surface area (Å²) in [6.45, 7) is 0. The Labute approximate surface area is 165 Å². The van der Waals surface area contributed by atoms with Crippen LogP contribution in [-0.2, 0) is 12.8 Å². The van der Waals surface area contributed by atoms with Gasteiger partial charge in [0.15, 0.2) is 0 Å². The van der Waals surface area contributed by atoms with E-state index in [9.17, 15) is 4.79 Å². The van der Waals surface area contributed by atoms with Gasteiger partial charge in [0.1, 0.15) is 0 Å². The van der Waals surface area contributed by atoms with Crippen LogP contribution in [0.1, 0.15) is 35.2 Å². The molecule has 3 N–H and O–H groups in total. The van der Waals surface area contributed by atoms with Gasteiger partial charge >= 0.3 is 0 Å². The van der Waals surface area contributed by atoms with Crippen molar-refractivity contribution in [1.82, 2.24) is 9.97 Å². The van der Waals surface area contributed by atoms with Crippen LogP contribution in [0.2, 0.25) is 0 Å². The van der Waals surface area contributed by atoms with Crippen LogP contribution in [0.4, 0.5) is 5.95 Å². The van der Waals surface area contributed by atoms with Crippen LogP contribution >= 0.6 is 0 Å². The van der Waals surface area contributed by atoms with Crippen molar-refractivity contribution >= 4 is 18.1 Å². The van der Waals surface area contributed by atoms with E-state index in [-0.39, 0.29) is 11.5 Å². The van der Waals surface area contributed by atoms with E-state index in [0.717, 1.165) is 24.8 Å². The lowest BCUT2D eigenvalue weighted by Crippen LogP contribution is -2.18. The van der Waals surface area contributed by atoms with Gasteiger partial charge in [0.05, 0.1) is 5.69 Å². The van der Waals surface area contributed by atoms with Crippen LogP contribution in [0.25, 0.3) is 12.2 Å². The predicted molar refractivity (Wildman–Crippen MR) is 117 cm³/mol. The highest BCUT2D eigenvalue weighted by molar-refractivity contribution is 5.57. The average molecular weight is 371 g/mol. The van der Waals surface area contributed by atoms with Crippen molar-refractivity contribution in [3.8, 4) is 0 Å². The van der Waals surface area contributed by atoms with Gasteiger partial charge < -0.3 is 5.73 Å². The van der Waals surface area contributed by atoms with E-state index in [0.29, 0.717) is 17.7 Å². The third kappa shape index (κ3) is 5.81. The zero-order valence-electron chi connectivity index (χ0n) is 15.8. The number of aryl methyl sites for hydroxylation is 1. The minimum atomic E-state index is -0.154. The van der Waals surface area contributed by atoms with Crippen LogP contribution in [-0.4, -0.2) is 9.97 Å². The van der Waals surface area contributed by atoms with Gasteiger partial charge in [0.2, 0.25) is 5.95 Å². The molecule has 142 valence electrons. The molecule has 1 heterocycles. The molecule has 0 amide bonds. The first-order chi connectivity index (χ1) is 13.7. The fourth-order valence-electron chi connectivity index (χ4n) is 3.07. The molecule has 0 aliphatic heterocycles. The van der Waals surface area contributed by atoms with Crippen LogP contribution in [0.15, 0.2) is 77.6 Å². The second kappa shape index (κ2) is 10.1. The maximum atomic E-state index is 12.4. The van der Waals surface area contributed by atoms with Crippen molar-refractivity contribution < 1.29 is 0 Å². The summed E-state index contributed by atoms with van der Waals surface area (Å²) in [4.78, 5) is 19.3. The van der Waals surface area contributed by atoms with E-state index in [1.54, 1.807) is 0 Å². The Kier molecular flexibility index (Phi) is 6.96. The Balaban J connectivity index is 1.64. The number of rotatable bonds is 8. The van der Waals surface area contributed by atoms with Gasteiger partial charge in [-0.2, -0.15) is 0 Å². The van der Waals surface area contributed by atoms with E-state index >= 15 is 0 Å². The highest BCUT2D eigenvalue weighted by atomic mass is 16.1. The molecule has 0 saturated heterocycles. The Morgan fingerprint density at radius 2 is 1.50 bits per heavy atom.